The van der Waals surface area contributed by atoms with Crippen LogP contribution in [0, 0.1) is 5.92 Å². The third-order valence-electron chi connectivity index (χ3n) is 4.25. The SMILES string of the molecule is CC(C)(C)OC(=O)N1CC2CCN(c3cccc(N)n3)C2C1. The number of ether oxygens (including phenoxy) is 1. The smallest absolute Gasteiger partial charge is 0.410 e. The van der Waals surface area contributed by atoms with Crippen LogP contribution in [0.1, 0.15) is 27.2 Å². The molecule has 2 saturated heterocycles. The van der Waals surface area contributed by atoms with Gasteiger partial charge in [0.1, 0.15) is 17.2 Å². The molecule has 2 aliphatic heterocycles. The lowest BCUT2D eigenvalue weighted by atomic mass is 10.1. The van der Waals surface area contributed by atoms with Crippen molar-refractivity contribution in [3.05, 3.63) is 18.2 Å². The Labute approximate surface area is 131 Å². The molecule has 2 N–H and O–H groups in total. The number of amides is 1. The number of pyridine rings is 1. The van der Waals surface area contributed by atoms with E-state index in [-0.39, 0.29) is 6.09 Å². The zero-order chi connectivity index (χ0) is 15.9. The van der Waals surface area contributed by atoms with Gasteiger partial charge in [0.15, 0.2) is 0 Å². The van der Waals surface area contributed by atoms with Crippen molar-refractivity contribution in [3.8, 4) is 0 Å². The quantitative estimate of drug-likeness (QED) is 0.860. The fourth-order valence-corrected chi connectivity index (χ4v) is 3.32. The van der Waals surface area contributed by atoms with Crippen molar-refractivity contribution >= 4 is 17.7 Å². The highest BCUT2D eigenvalue weighted by Crippen LogP contribution is 2.35. The van der Waals surface area contributed by atoms with Crippen LogP contribution in [0.5, 0.6) is 0 Å². The van der Waals surface area contributed by atoms with Gasteiger partial charge in [0.2, 0.25) is 0 Å². The van der Waals surface area contributed by atoms with Crippen LogP contribution >= 0.6 is 0 Å². The summed E-state index contributed by atoms with van der Waals surface area (Å²) in [5, 5.41) is 0. The fraction of sp³-hybridized carbons (Fsp3) is 0.625. The van der Waals surface area contributed by atoms with Gasteiger partial charge in [-0.15, -0.1) is 0 Å². The van der Waals surface area contributed by atoms with Crippen molar-refractivity contribution in [1.29, 1.82) is 0 Å². The van der Waals surface area contributed by atoms with Crippen molar-refractivity contribution in [2.24, 2.45) is 5.92 Å². The second-order valence-electron chi connectivity index (χ2n) is 7.12. The van der Waals surface area contributed by atoms with Gasteiger partial charge in [-0.2, -0.15) is 0 Å². The Morgan fingerprint density at radius 3 is 2.82 bits per heavy atom. The average molecular weight is 304 g/mol. The number of hydrogen-bond acceptors (Lipinski definition) is 5. The molecule has 1 amide bonds. The molecule has 0 aliphatic carbocycles. The topological polar surface area (TPSA) is 71.7 Å². The largest absolute Gasteiger partial charge is 0.444 e. The summed E-state index contributed by atoms with van der Waals surface area (Å²) in [4.78, 5) is 20.7. The van der Waals surface area contributed by atoms with E-state index in [1.807, 2.05) is 37.8 Å². The Balaban J connectivity index is 1.70. The van der Waals surface area contributed by atoms with E-state index in [4.69, 9.17) is 10.5 Å². The molecule has 3 heterocycles. The minimum absolute atomic E-state index is 0.220. The first kappa shape index (κ1) is 14.9. The first-order valence-electron chi connectivity index (χ1n) is 7.80. The lowest BCUT2D eigenvalue weighted by Gasteiger charge is -2.27. The van der Waals surface area contributed by atoms with E-state index in [0.29, 0.717) is 24.3 Å². The van der Waals surface area contributed by atoms with Gasteiger partial charge in [-0.25, -0.2) is 9.78 Å². The monoisotopic (exact) mass is 304 g/mol. The number of anilines is 2. The lowest BCUT2D eigenvalue weighted by Crippen LogP contribution is -2.39. The van der Waals surface area contributed by atoms with Gasteiger partial charge in [-0.1, -0.05) is 6.07 Å². The molecule has 2 unspecified atom stereocenters. The predicted molar refractivity (Wildman–Crippen MR) is 85.7 cm³/mol. The summed E-state index contributed by atoms with van der Waals surface area (Å²) < 4.78 is 5.48. The molecule has 0 bridgehead atoms. The zero-order valence-corrected chi connectivity index (χ0v) is 13.5. The van der Waals surface area contributed by atoms with Gasteiger partial charge >= 0.3 is 6.09 Å². The maximum Gasteiger partial charge on any atom is 0.410 e. The number of carbonyl (C=O) groups excluding carboxylic acids is 1. The predicted octanol–water partition coefficient (Wildman–Crippen LogP) is 2.11. The Bertz CT molecular complexity index is 570. The van der Waals surface area contributed by atoms with E-state index in [2.05, 4.69) is 9.88 Å². The van der Waals surface area contributed by atoms with Crippen LogP contribution < -0.4 is 10.6 Å². The minimum Gasteiger partial charge on any atom is -0.444 e. The van der Waals surface area contributed by atoms with Crippen molar-refractivity contribution in [2.45, 2.75) is 38.8 Å². The van der Waals surface area contributed by atoms with Gasteiger partial charge in [0.05, 0.1) is 6.04 Å². The fourth-order valence-electron chi connectivity index (χ4n) is 3.32. The summed E-state index contributed by atoms with van der Waals surface area (Å²) in [5.41, 5.74) is 5.33. The normalized spacial score (nSPS) is 24.5. The van der Waals surface area contributed by atoms with Gasteiger partial charge in [-0.3, -0.25) is 0 Å². The summed E-state index contributed by atoms with van der Waals surface area (Å²) in [7, 11) is 0. The summed E-state index contributed by atoms with van der Waals surface area (Å²) in [6.07, 6.45) is 0.850. The summed E-state index contributed by atoms with van der Waals surface area (Å²) in [5.74, 6) is 1.91. The van der Waals surface area contributed by atoms with Crippen LogP contribution in [0.4, 0.5) is 16.4 Å². The van der Waals surface area contributed by atoms with E-state index in [0.717, 1.165) is 25.3 Å². The maximum atomic E-state index is 12.2. The number of fused-ring (bicyclic) bond motifs is 1. The second kappa shape index (κ2) is 5.34. The molecule has 2 aliphatic rings. The van der Waals surface area contributed by atoms with Crippen molar-refractivity contribution in [1.82, 2.24) is 9.88 Å². The molecule has 0 saturated carbocycles. The molecule has 0 aromatic carbocycles. The first-order chi connectivity index (χ1) is 10.3. The maximum absolute atomic E-state index is 12.2. The van der Waals surface area contributed by atoms with Crippen molar-refractivity contribution in [2.75, 3.05) is 30.3 Å². The lowest BCUT2D eigenvalue weighted by molar-refractivity contribution is 0.0284. The minimum atomic E-state index is -0.454. The molecule has 0 radical (unpaired) electrons. The third kappa shape index (κ3) is 2.96. The van der Waals surface area contributed by atoms with Crippen LogP contribution in [0.3, 0.4) is 0 Å². The van der Waals surface area contributed by atoms with E-state index >= 15 is 0 Å². The van der Waals surface area contributed by atoms with Crippen LogP contribution in [0.2, 0.25) is 0 Å². The Morgan fingerprint density at radius 2 is 2.14 bits per heavy atom. The zero-order valence-electron chi connectivity index (χ0n) is 13.5. The second-order valence-corrected chi connectivity index (χ2v) is 7.12. The average Bonchev–Trinajstić information content (AvgIpc) is 2.95. The highest BCUT2D eigenvalue weighted by atomic mass is 16.6. The number of carbonyl (C=O) groups is 1. The van der Waals surface area contributed by atoms with E-state index in [1.54, 1.807) is 6.07 Å². The Hall–Kier alpha value is -1.98. The number of nitrogens with zero attached hydrogens (tertiary/aromatic N) is 3. The highest BCUT2D eigenvalue weighted by Gasteiger charge is 2.44. The first-order valence-corrected chi connectivity index (χ1v) is 7.80. The van der Waals surface area contributed by atoms with Crippen LogP contribution in [0.15, 0.2) is 18.2 Å². The number of likely N-dealkylation sites (tertiary alicyclic amines) is 1. The molecule has 6 heteroatoms. The Morgan fingerprint density at radius 1 is 1.36 bits per heavy atom. The number of rotatable bonds is 1. The summed E-state index contributed by atoms with van der Waals surface area (Å²) >= 11 is 0. The van der Waals surface area contributed by atoms with Crippen molar-refractivity contribution in [3.63, 3.8) is 0 Å². The van der Waals surface area contributed by atoms with Crippen LogP contribution in [0.25, 0.3) is 0 Å². The van der Waals surface area contributed by atoms with Gasteiger partial charge in [-0.05, 0) is 39.3 Å². The molecule has 120 valence electrons. The van der Waals surface area contributed by atoms with Crippen LogP contribution in [-0.2, 0) is 4.74 Å². The van der Waals surface area contributed by atoms with Gasteiger partial charge in [0, 0.05) is 25.6 Å². The molecule has 6 nitrogen and oxygen atoms in total. The number of nitrogen functional groups attached to an aromatic ring is 1. The summed E-state index contributed by atoms with van der Waals surface area (Å²) in [6, 6.07) is 6.00. The molecular weight excluding hydrogens is 280 g/mol. The molecular formula is C16H24N4O2. The van der Waals surface area contributed by atoms with E-state index in [1.165, 1.54) is 0 Å². The molecule has 1 aromatic heterocycles. The number of nitrogens with two attached hydrogens (primary N) is 1. The van der Waals surface area contributed by atoms with Gasteiger partial charge in [0.25, 0.3) is 0 Å². The number of hydrogen-bond donors (Lipinski definition) is 1. The molecule has 0 spiro atoms. The van der Waals surface area contributed by atoms with Crippen LogP contribution in [-0.4, -0.2) is 47.3 Å². The molecule has 22 heavy (non-hydrogen) atoms. The molecule has 3 rings (SSSR count). The highest BCUT2D eigenvalue weighted by molar-refractivity contribution is 5.69. The van der Waals surface area contributed by atoms with Crippen molar-refractivity contribution < 1.29 is 9.53 Å². The molecule has 1 aromatic rings. The van der Waals surface area contributed by atoms with E-state index in [9.17, 15) is 4.79 Å². The molecule has 2 fully saturated rings. The standard InChI is InChI=1S/C16H24N4O2/c1-16(2,3)22-15(21)19-9-11-7-8-20(12(11)10-19)14-6-4-5-13(17)18-14/h4-6,11-12H,7-10H2,1-3H3,(H2,17,18). The van der Waals surface area contributed by atoms with Gasteiger partial charge < -0.3 is 20.3 Å². The third-order valence-corrected chi connectivity index (χ3v) is 4.25. The molecule has 2 atom stereocenters. The number of aromatic nitrogens is 1. The Kier molecular flexibility index (Phi) is 3.62. The summed E-state index contributed by atoms with van der Waals surface area (Å²) in [6.45, 7) is 8.10. The van der Waals surface area contributed by atoms with E-state index < -0.39 is 5.60 Å².